The Morgan fingerprint density at radius 1 is 1.53 bits per heavy atom. The van der Waals surface area contributed by atoms with E-state index in [-0.39, 0.29) is 0 Å². The van der Waals surface area contributed by atoms with E-state index in [4.69, 9.17) is 10.8 Å². The maximum Gasteiger partial charge on any atom is 0.327 e. The summed E-state index contributed by atoms with van der Waals surface area (Å²) in [4.78, 5) is 10.2. The number of carboxylic acids is 1. The van der Waals surface area contributed by atoms with Crippen molar-refractivity contribution in [3.05, 3.63) is 41.5 Å². The molecule has 0 radical (unpaired) electrons. The summed E-state index contributed by atoms with van der Waals surface area (Å²) in [7, 11) is 0. The molecule has 0 bridgehead atoms. The van der Waals surface area contributed by atoms with Crippen LogP contribution in [0.25, 0.3) is 0 Å². The molecule has 0 spiro atoms. The number of aryl methyl sites for hydroxylation is 2. The number of carboxylic acid groups (broad SMARTS) is 1. The number of benzene rings is 1. The number of aliphatic carboxylic acids is 1. The highest BCUT2D eigenvalue weighted by Crippen LogP contribution is 2.15. The van der Waals surface area contributed by atoms with Crippen molar-refractivity contribution in [2.45, 2.75) is 19.8 Å². The molecule has 0 aromatic heterocycles. The molecule has 0 saturated heterocycles. The monoisotopic (exact) mass is 205 g/mol. The van der Waals surface area contributed by atoms with Crippen LogP contribution in [0.2, 0.25) is 0 Å². The second-order valence-corrected chi connectivity index (χ2v) is 3.48. The third-order valence-corrected chi connectivity index (χ3v) is 2.14. The van der Waals surface area contributed by atoms with Crippen molar-refractivity contribution in [3.8, 4) is 0 Å². The lowest BCUT2D eigenvalue weighted by Crippen LogP contribution is -1.95. The Morgan fingerprint density at radius 2 is 2.27 bits per heavy atom. The lowest BCUT2D eigenvalue weighted by atomic mass is 10.0. The van der Waals surface area contributed by atoms with Crippen molar-refractivity contribution in [1.82, 2.24) is 0 Å². The van der Waals surface area contributed by atoms with Crippen molar-refractivity contribution < 1.29 is 9.90 Å². The molecular weight excluding hydrogens is 190 g/mol. The Morgan fingerprint density at radius 3 is 2.93 bits per heavy atom. The van der Waals surface area contributed by atoms with Gasteiger partial charge in [0.25, 0.3) is 0 Å². The molecule has 1 aromatic carbocycles. The Kier molecular flexibility index (Phi) is 3.92. The Labute approximate surface area is 89.2 Å². The van der Waals surface area contributed by atoms with Gasteiger partial charge in [-0.1, -0.05) is 23.8 Å². The summed E-state index contributed by atoms with van der Waals surface area (Å²) in [5.74, 6) is -0.910. The molecule has 0 unspecified atom stereocenters. The molecule has 0 saturated carbocycles. The summed E-state index contributed by atoms with van der Waals surface area (Å²) in [6, 6.07) is 5.88. The van der Waals surface area contributed by atoms with Crippen LogP contribution in [0.1, 0.15) is 17.5 Å². The third kappa shape index (κ3) is 3.85. The van der Waals surface area contributed by atoms with Crippen molar-refractivity contribution in [1.29, 1.82) is 0 Å². The lowest BCUT2D eigenvalue weighted by Gasteiger charge is -2.04. The highest BCUT2D eigenvalue weighted by Gasteiger charge is 1.98. The zero-order valence-corrected chi connectivity index (χ0v) is 8.73. The molecule has 0 atom stereocenters. The van der Waals surface area contributed by atoms with Gasteiger partial charge in [-0.05, 0) is 31.4 Å². The number of hydrogen-bond donors (Lipinski definition) is 2. The predicted octanol–water partition coefficient (Wildman–Crippen LogP) is 2.15. The fourth-order valence-corrected chi connectivity index (χ4v) is 1.37. The molecule has 3 N–H and O–H groups in total. The normalized spacial score (nSPS) is 10.7. The van der Waals surface area contributed by atoms with Gasteiger partial charge in [0.05, 0.1) is 0 Å². The maximum absolute atomic E-state index is 10.2. The highest BCUT2D eigenvalue weighted by molar-refractivity contribution is 5.79. The topological polar surface area (TPSA) is 63.3 Å². The lowest BCUT2D eigenvalue weighted by molar-refractivity contribution is -0.131. The van der Waals surface area contributed by atoms with Crippen molar-refractivity contribution in [2.75, 3.05) is 5.73 Å². The summed E-state index contributed by atoms with van der Waals surface area (Å²) < 4.78 is 0. The van der Waals surface area contributed by atoms with Gasteiger partial charge in [-0.15, -0.1) is 0 Å². The zero-order chi connectivity index (χ0) is 11.3. The first-order chi connectivity index (χ1) is 7.09. The molecule has 1 aromatic rings. The van der Waals surface area contributed by atoms with Crippen LogP contribution in [0.3, 0.4) is 0 Å². The molecule has 3 nitrogen and oxygen atoms in total. The van der Waals surface area contributed by atoms with Crippen LogP contribution in [0.15, 0.2) is 30.4 Å². The number of nitrogens with two attached hydrogens (primary N) is 1. The minimum atomic E-state index is -0.910. The number of nitrogen functional groups attached to an aromatic ring is 1. The molecule has 0 aliphatic rings. The van der Waals surface area contributed by atoms with E-state index in [0.717, 1.165) is 23.7 Å². The molecule has 0 aliphatic carbocycles. The van der Waals surface area contributed by atoms with Gasteiger partial charge in [0.2, 0.25) is 0 Å². The fourth-order valence-electron chi connectivity index (χ4n) is 1.37. The quantitative estimate of drug-likeness (QED) is 0.584. The van der Waals surface area contributed by atoms with Crippen LogP contribution in [0.5, 0.6) is 0 Å². The van der Waals surface area contributed by atoms with E-state index in [9.17, 15) is 4.79 Å². The standard InChI is InChI=1S/C12H15NO2/c1-9-6-7-11(13)10(8-9)4-2-3-5-12(14)15/h3,5-8H,2,4,13H2,1H3,(H,14,15). The van der Waals surface area contributed by atoms with Gasteiger partial charge in [-0.3, -0.25) is 0 Å². The van der Waals surface area contributed by atoms with Crippen molar-refractivity contribution >= 4 is 11.7 Å². The van der Waals surface area contributed by atoms with E-state index in [1.54, 1.807) is 6.08 Å². The molecule has 3 heteroatoms. The van der Waals surface area contributed by atoms with Crippen LogP contribution in [-0.2, 0) is 11.2 Å². The smallest absolute Gasteiger partial charge is 0.327 e. The van der Waals surface area contributed by atoms with Crippen molar-refractivity contribution in [3.63, 3.8) is 0 Å². The number of hydrogen-bond acceptors (Lipinski definition) is 2. The van der Waals surface area contributed by atoms with Crippen LogP contribution < -0.4 is 5.73 Å². The first-order valence-electron chi connectivity index (χ1n) is 4.84. The number of anilines is 1. The molecule has 0 aliphatic heterocycles. The van der Waals surface area contributed by atoms with Gasteiger partial charge in [-0.25, -0.2) is 4.79 Å². The van der Waals surface area contributed by atoms with E-state index >= 15 is 0 Å². The van der Waals surface area contributed by atoms with Crippen molar-refractivity contribution in [2.24, 2.45) is 0 Å². The first-order valence-corrected chi connectivity index (χ1v) is 4.84. The molecule has 80 valence electrons. The van der Waals surface area contributed by atoms with E-state index in [1.165, 1.54) is 5.56 Å². The second-order valence-electron chi connectivity index (χ2n) is 3.48. The molecule has 15 heavy (non-hydrogen) atoms. The summed E-state index contributed by atoms with van der Waals surface area (Å²) in [5, 5.41) is 8.40. The van der Waals surface area contributed by atoms with Gasteiger partial charge in [0.1, 0.15) is 0 Å². The minimum Gasteiger partial charge on any atom is -0.478 e. The van der Waals surface area contributed by atoms with E-state index in [0.29, 0.717) is 6.42 Å². The zero-order valence-electron chi connectivity index (χ0n) is 8.73. The molecule has 0 fully saturated rings. The SMILES string of the molecule is Cc1ccc(N)c(CCC=CC(=O)O)c1. The van der Waals surface area contributed by atoms with E-state index in [2.05, 4.69) is 0 Å². The molecule has 0 heterocycles. The van der Waals surface area contributed by atoms with Gasteiger partial charge in [-0.2, -0.15) is 0 Å². The summed E-state index contributed by atoms with van der Waals surface area (Å²) in [6.45, 7) is 2.01. The highest BCUT2D eigenvalue weighted by atomic mass is 16.4. The van der Waals surface area contributed by atoms with Gasteiger partial charge in [0.15, 0.2) is 0 Å². The third-order valence-electron chi connectivity index (χ3n) is 2.14. The summed E-state index contributed by atoms with van der Waals surface area (Å²) >= 11 is 0. The van der Waals surface area contributed by atoms with Gasteiger partial charge >= 0.3 is 5.97 Å². The van der Waals surface area contributed by atoms with E-state index in [1.807, 2.05) is 25.1 Å². The molecule has 1 rings (SSSR count). The Hall–Kier alpha value is -1.77. The fraction of sp³-hybridized carbons (Fsp3) is 0.250. The maximum atomic E-state index is 10.2. The predicted molar refractivity (Wildman–Crippen MR) is 60.7 cm³/mol. The van der Waals surface area contributed by atoms with Gasteiger partial charge in [0, 0.05) is 11.8 Å². The Bertz CT molecular complexity index is 383. The summed E-state index contributed by atoms with van der Waals surface area (Å²) in [6.07, 6.45) is 4.27. The van der Waals surface area contributed by atoms with Crippen LogP contribution >= 0.6 is 0 Å². The number of carbonyl (C=O) groups is 1. The second kappa shape index (κ2) is 5.20. The molecule has 0 amide bonds. The Balaban J connectivity index is 2.57. The number of rotatable bonds is 4. The van der Waals surface area contributed by atoms with Crippen LogP contribution in [0, 0.1) is 6.92 Å². The van der Waals surface area contributed by atoms with Crippen LogP contribution in [-0.4, -0.2) is 11.1 Å². The summed E-state index contributed by atoms with van der Waals surface area (Å²) in [5.41, 5.74) is 8.80. The average Bonchev–Trinajstić information content (AvgIpc) is 2.17. The minimum absolute atomic E-state index is 0.694. The van der Waals surface area contributed by atoms with E-state index < -0.39 is 5.97 Å². The largest absolute Gasteiger partial charge is 0.478 e. The van der Waals surface area contributed by atoms with Gasteiger partial charge < -0.3 is 10.8 Å². The first kappa shape index (κ1) is 11.3. The number of allylic oxidation sites excluding steroid dienone is 1. The average molecular weight is 205 g/mol. The molecular formula is C12H15NO2. The van der Waals surface area contributed by atoms with Crippen LogP contribution in [0.4, 0.5) is 5.69 Å².